The van der Waals surface area contributed by atoms with Gasteiger partial charge in [-0.1, -0.05) is 34.7 Å². The minimum atomic E-state index is -0.0960. The van der Waals surface area contributed by atoms with Crippen molar-refractivity contribution >= 4 is 34.7 Å². The first-order valence-corrected chi connectivity index (χ1v) is 8.29. The molecule has 5 nitrogen and oxygen atoms in total. The van der Waals surface area contributed by atoms with E-state index in [-0.39, 0.29) is 5.56 Å². The number of aromatic nitrogens is 4. The van der Waals surface area contributed by atoms with Crippen molar-refractivity contribution in [2.75, 3.05) is 0 Å². The van der Waals surface area contributed by atoms with Gasteiger partial charge in [0.25, 0.3) is 5.56 Å². The normalized spacial score (nSPS) is 11.0. The van der Waals surface area contributed by atoms with Crippen molar-refractivity contribution in [3.8, 4) is 5.69 Å². The third kappa shape index (κ3) is 3.37. The fourth-order valence-electron chi connectivity index (χ4n) is 1.78. The zero-order valence-electron chi connectivity index (χ0n) is 11.0. The van der Waals surface area contributed by atoms with Gasteiger partial charge in [0.15, 0.2) is 4.34 Å². The molecule has 0 fully saturated rings. The Bertz CT molecular complexity index is 806. The van der Waals surface area contributed by atoms with E-state index in [0.717, 1.165) is 20.7 Å². The molecule has 0 unspecified atom stereocenters. The lowest BCUT2D eigenvalue weighted by Gasteiger charge is -2.01. The van der Waals surface area contributed by atoms with E-state index in [1.807, 2.05) is 6.92 Å². The van der Waals surface area contributed by atoms with Crippen molar-refractivity contribution in [1.82, 2.24) is 20.0 Å². The lowest BCUT2D eigenvalue weighted by atomic mass is 10.3. The number of H-pyrrole nitrogens is 1. The summed E-state index contributed by atoms with van der Waals surface area (Å²) in [5.74, 6) is 0.643. The molecule has 0 radical (unpaired) electrons. The lowest BCUT2D eigenvalue weighted by molar-refractivity contribution is 0.833. The van der Waals surface area contributed by atoms with E-state index >= 15 is 0 Å². The number of halogens is 1. The van der Waals surface area contributed by atoms with Gasteiger partial charge in [0, 0.05) is 22.5 Å². The van der Waals surface area contributed by atoms with Crippen LogP contribution in [0.1, 0.15) is 10.7 Å². The molecule has 0 atom stereocenters. The number of thioether (sulfide) groups is 1. The second kappa shape index (κ2) is 6.05. The van der Waals surface area contributed by atoms with Crippen LogP contribution in [0.2, 0.25) is 5.02 Å². The highest BCUT2D eigenvalue weighted by Gasteiger charge is 2.07. The summed E-state index contributed by atoms with van der Waals surface area (Å²) >= 11 is 8.95. The molecule has 1 aromatic carbocycles. The average Bonchev–Trinajstić information content (AvgIpc) is 3.04. The van der Waals surface area contributed by atoms with Crippen molar-refractivity contribution in [2.24, 2.45) is 0 Å². The summed E-state index contributed by atoms with van der Waals surface area (Å²) in [6.07, 6.45) is 0. The van der Waals surface area contributed by atoms with E-state index in [9.17, 15) is 4.79 Å². The Morgan fingerprint density at radius 2 is 2.10 bits per heavy atom. The van der Waals surface area contributed by atoms with E-state index in [2.05, 4.69) is 15.3 Å². The molecule has 0 spiro atoms. The molecule has 0 aliphatic carbocycles. The molecule has 0 aliphatic rings. The van der Waals surface area contributed by atoms with Gasteiger partial charge in [0.1, 0.15) is 5.01 Å². The first kappa shape index (κ1) is 14.4. The second-order valence-corrected chi connectivity index (χ2v) is 7.15. The van der Waals surface area contributed by atoms with Crippen LogP contribution in [0.25, 0.3) is 5.69 Å². The highest BCUT2D eigenvalue weighted by Crippen LogP contribution is 2.24. The number of aromatic amines is 1. The fourth-order valence-corrected chi connectivity index (χ4v) is 3.62. The van der Waals surface area contributed by atoms with Crippen molar-refractivity contribution in [1.29, 1.82) is 0 Å². The summed E-state index contributed by atoms with van der Waals surface area (Å²) in [7, 11) is 0. The smallest absolute Gasteiger partial charge is 0.271 e. The Labute approximate surface area is 134 Å². The maximum atomic E-state index is 12.0. The summed E-state index contributed by atoms with van der Waals surface area (Å²) in [6, 6.07) is 8.69. The van der Waals surface area contributed by atoms with Crippen molar-refractivity contribution < 1.29 is 0 Å². The third-order valence-corrected chi connectivity index (χ3v) is 4.99. The number of aryl methyl sites for hydroxylation is 1. The molecule has 2 aromatic heterocycles. The largest absolute Gasteiger partial charge is 0.294 e. The first-order valence-electron chi connectivity index (χ1n) is 6.11. The van der Waals surface area contributed by atoms with E-state index in [0.29, 0.717) is 10.8 Å². The molecule has 0 saturated carbocycles. The van der Waals surface area contributed by atoms with E-state index in [1.54, 1.807) is 53.4 Å². The summed E-state index contributed by atoms with van der Waals surface area (Å²) < 4.78 is 2.39. The van der Waals surface area contributed by atoms with Crippen LogP contribution in [0.5, 0.6) is 0 Å². The molecule has 0 saturated heterocycles. The van der Waals surface area contributed by atoms with Crippen LogP contribution in [-0.2, 0) is 5.75 Å². The van der Waals surface area contributed by atoms with Gasteiger partial charge in [-0.05, 0) is 31.2 Å². The number of hydrogen-bond acceptors (Lipinski definition) is 5. The monoisotopic (exact) mass is 338 g/mol. The van der Waals surface area contributed by atoms with Crippen LogP contribution >= 0.6 is 34.7 Å². The minimum Gasteiger partial charge on any atom is -0.294 e. The standard InChI is InChI=1S/C13H11ClN4OS2/c1-8-15-16-13(21-8)20-7-10-6-12(19)18(17-10)11-4-2-9(14)3-5-11/h2-6,17H,7H2,1H3. The Balaban J connectivity index is 1.78. The summed E-state index contributed by atoms with van der Waals surface area (Å²) in [6.45, 7) is 1.92. The van der Waals surface area contributed by atoms with Crippen LogP contribution in [0, 0.1) is 6.92 Å². The van der Waals surface area contributed by atoms with Crippen LogP contribution in [0.3, 0.4) is 0 Å². The average molecular weight is 339 g/mol. The van der Waals surface area contributed by atoms with Gasteiger partial charge in [-0.3, -0.25) is 9.89 Å². The molecule has 0 aliphatic heterocycles. The second-order valence-electron chi connectivity index (χ2n) is 4.31. The third-order valence-electron chi connectivity index (χ3n) is 2.72. The predicted octanol–water partition coefficient (Wildman–Crippen LogP) is 3.27. The molecule has 3 aromatic rings. The number of benzene rings is 1. The fraction of sp³-hybridized carbons (Fsp3) is 0.154. The Morgan fingerprint density at radius 3 is 2.76 bits per heavy atom. The zero-order valence-corrected chi connectivity index (χ0v) is 13.4. The quantitative estimate of drug-likeness (QED) is 0.741. The Kier molecular flexibility index (Phi) is 4.14. The molecular weight excluding hydrogens is 328 g/mol. The summed E-state index contributed by atoms with van der Waals surface area (Å²) in [5.41, 5.74) is 1.50. The summed E-state index contributed by atoms with van der Waals surface area (Å²) in [4.78, 5) is 12.0. The summed E-state index contributed by atoms with van der Waals surface area (Å²) in [5, 5.41) is 12.7. The van der Waals surface area contributed by atoms with Gasteiger partial charge in [-0.25, -0.2) is 4.68 Å². The van der Waals surface area contributed by atoms with Crippen LogP contribution in [0.4, 0.5) is 0 Å². The maximum absolute atomic E-state index is 12.0. The van der Waals surface area contributed by atoms with Crippen LogP contribution in [-0.4, -0.2) is 20.0 Å². The first-order chi connectivity index (χ1) is 10.1. The minimum absolute atomic E-state index is 0.0960. The highest BCUT2D eigenvalue weighted by atomic mass is 35.5. The van der Waals surface area contributed by atoms with E-state index in [1.165, 1.54) is 4.68 Å². The molecule has 0 amide bonds. The van der Waals surface area contributed by atoms with Gasteiger partial charge in [-0.2, -0.15) is 0 Å². The molecule has 108 valence electrons. The predicted molar refractivity (Wildman–Crippen MR) is 85.6 cm³/mol. The van der Waals surface area contributed by atoms with Gasteiger partial charge >= 0.3 is 0 Å². The molecule has 1 N–H and O–H groups in total. The van der Waals surface area contributed by atoms with Gasteiger partial charge < -0.3 is 0 Å². The Hall–Kier alpha value is -1.57. The van der Waals surface area contributed by atoms with E-state index in [4.69, 9.17) is 11.6 Å². The molecule has 2 heterocycles. The maximum Gasteiger partial charge on any atom is 0.271 e. The van der Waals surface area contributed by atoms with Crippen molar-refractivity contribution in [3.63, 3.8) is 0 Å². The number of nitrogens with one attached hydrogen (secondary N) is 1. The van der Waals surface area contributed by atoms with Gasteiger partial charge in [0.2, 0.25) is 0 Å². The number of hydrogen-bond donors (Lipinski definition) is 1. The zero-order chi connectivity index (χ0) is 14.8. The van der Waals surface area contributed by atoms with E-state index < -0.39 is 0 Å². The molecule has 8 heteroatoms. The van der Waals surface area contributed by atoms with Crippen LogP contribution in [0.15, 0.2) is 39.5 Å². The SMILES string of the molecule is Cc1nnc(SCc2cc(=O)n(-c3ccc(Cl)cc3)[nH]2)s1. The van der Waals surface area contributed by atoms with Crippen LogP contribution < -0.4 is 5.56 Å². The molecule has 21 heavy (non-hydrogen) atoms. The van der Waals surface area contributed by atoms with Crippen molar-refractivity contribution in [3.05, 3.63) is 56.4 Å². The topological polar surface area (TPSA) is 63.6 Å². The Morgan fingerprint density at radius 1 is 1.33 bits per heavy atom. The number of nitrogens with zero attached hydrogens (tertiary/aromatic N) is 3. The van der Waals surface area contributed by atoms with Crippen molar-refractivity contribution in [2.45, 2.75) is 17.0 Å². The molecule has 3 rings (SSSR count). The molecule has 0 bridgehead atoms. The molecular formula is C13H11ClN4OS2. The lowest BCUT2D eigenvalue weighted by Crippen LogP contribution is -2.13. The van der Waals surface area contributed by atoms with Gasteiger partial charge in [-0.15, -0.1) is 10.2 Å². The highest BCUT2D eigenvalue weighted by molar-refractivity contribution is 8.00. The van der Waals surface area contributed by atoms with Gasteiger partial charge in [0.05, 0.1) is 5.69 Å². The number of rotatable bonds is 4.